The highest BCUT2D eigenvalue weighted by Gasteiger charge is 2.13. The summed E-state index contributed by atoms with van der Waals surface area (Å²) >= 11 is 0. The highest BCUT2D eigenvalue weighted by atomic mass is 15.1. The third-order valence-corrected chi connectivity index (χ3v) is 5.41. The van der Waals surface area contributed by atoms with Gasteiger partial charge in [-0.05, 0) is 42.0 Å². The lowest BCUT2D eigenvalue weighted by Crippen LogP contribution is -2.01. The number of benzene rings is 2. The normalized spacial score (nSPS) is 11.0. The molecule has 6 nitrogen and oxygen atoms in total. The van der Waals surface area contributed by atoms with Crippen LogP contribution in [0.1, 0.15) is 0 Å². The van der Waals surface area contributed by atoms with E-state index in [0.29, 0.717) is 28.9 Å². The number of pyridine rings is 2. The number of rotatable bonds is 4. The molecule has 156 valence electrons. The predicted octanol–water partition coefficient (Wildman–Crippen LogP) is 5.81. The van der Waals surface area contributed by atoms with E-state index in [0.717, 1.165) is 22.3 Å². The first kappa shape index (κ1) is 19.0. The van der Waals surface area contributed by atoms with E-state index in [4.69, 9.17) is 9.97 Å². The van der Waals surface area contributed by atoms with Crippen LogP contribution in [0.2, 0.25) is 0 Å². The Balaban J connectivity index is 1.43. The van der Waals surface area contributed by atoms with Gasteiger partial charge in [0.2, 0.25) is 0 Å². The van der Waals surface area contributed by atoms with Crippen LogP contribution in [-0.2, 0) is 0 Å². The van der Waals surface area contributed by atoms with Crippen molar-refractivity contribution in [2.45, 2.75) is 0 Å². The second kappa shape index (κ2) is 8.09. The van der Waals surface area contributed by atoms with Crippen LogP contribution in [-0.4, -0.2) is 29.9 Å². The Kier molecular flexibility index (Phi) is 4.66. The van der Waals surface area contributed by atoms with Crippen LogP contribution >= 0.6 is 0 Å². The molecule has 0 aliphatic rings. The average Bonchev–Trinajstić information content (AvgIpc) is 3.34. The summed E-state index contributed by atoms with van der Waals surface area (Å²) in [5.74, 6) is 1.61. The van der Waals surface area contributed by atoms with Crippen molar-refractivity contribution in [3.05, 3.63) is 103 Å². The topological polar surface area (TPSA) is 80.2 Å². The van der Waals surface area contributed by atoms with Gasteiger partial charge in [-0.1, -0.05) is 54.6 Å². The number of nitrogens with one attached hydrogen (secondary N) is 1. The van der Waals surface area contributed by atoms with Gasteiger partial charge < -0.3 is 4.98 Å². The highest BCUT2D eigenvalue weighted by molar-refractivity contribution is 5.86. The van der Waals surface area contributed by atoms with Crippen molar-refractivity contribution in [2.75, 3.05) is 0 Å². The zero-order chi connectivity index (χ0) is 22.0. The van der Waals surface area contributed by atoms with Crippen molar-refractivity contribution in [2.24, 2.45) is 0 Å². The van der Waals surface area contributed by atoms with Crippen LogP contribution in [0.25, 0.3) is 56.6 Å². The van der Waals surface area contributed by atoms with Crippen LogP contribution in [0, 0.1) is 0 Å². The van der Waals surface area contributed by atoms with E-state index >= 15 is 0 Å². The molecule has 0 saturated carbocycles. The second-order valence-electron chi connectivity index (χ2n) is 7.58. The minimum Gasteiger partial charge on any atom is -0.355 e. The maximum absolute atomic E-state index is 4.72. The molecule has 4 aromatic heterocycles. The molecule has 0 aliphatic heterocycles. The van der Waals surface area contributed by atoms with E-state index in [-0.39, 0.29) is 0 Å². The van der Waals surface area contributed by atoms with Crippen molar-refractivity contribution >= 4 is 10.9 Å². The molecule has 2 aromatic carbocycles. The molecule has 0 fully saturated rings. The zero-order valence-electron chi connectivity index (χ0n) is 17.6. The summed E-state index contributed by atoms with van der Waals surface area (Å²) in [6.07, 6.45) is 3.46. The number of aromatic nitrogens is 6. The molecule has 0 atom stereocenters. The molecule has 0 amide bonds. The molecule has 0 bridgehead atoms. The first-order valence-electron chi connectivity index (χ1n) is 10.6. The quantitative estimate of drug-likeness (QED) is 0.385. The zero-order valence-corrected chi connectivity index (χ0v) is 17.6. The molecule has 0 spiro atoms. The van der Waals surface area contributed by atoms with E-state index in [1.165, 1.54) is 5.39 Å². The number of nitrogens with zero attached hydrogens (tertiary/aromatic N) is 5. The summed E-state index contributed by atoms with van der Waals surface area (Å²) in [5, 5.41) is 1.19. The maximum atomic E-state index is 4.72. The highest BCUT2D eigenvalue weighted by Crippen LogP contribution is 2.27. The number of H-pyrrole nitrogens is 1. The van der Waals surface area contributed by atoms with E-state index in [9.17, 15) is 0 Å². The van der Waals surface area contributed by atoms with Gasteiger partial charge >= 0.3 is 0 Å². The van der Waals surface area contributed by atoms with E-state index in [1.807, 2.05) is 60.7 Å². The molecule has 6 rings (SSSR count). The fraction of sp³-hybridized carbons (Fsp3) is 0. The molecule has 0 aliphatic carbocycles. The Hall–Kier alpha value is -4.71. The van der Waals surface area contributed by atoms with Crippen LogP contribution in [0.5, 0.6) is 0 Å². The number of hydrogen-bond donors (Lipinski definition) is 1. The van der Waals surface area contributed by atoms with Crippen LogP contribution in [0.4, 0.5) is 0 Å². The fourth-order valence-corrected chi connectivity index (χ4v) is 3.75. The van der Waals surface area contributed by atoms with Crippen molar-refractivity contribution in [1.82, 2.24) is 29.9 Å². The van der Waals surface area contributed by atoms with Gasteiger partial charge in [0.05, 0.1) is 0 Å². The summed E-state index contributed by atoms with van der Waals surface area (Å²) in [7, 11) is 0. The lowest BCUT2D eigenvalue weighted by Gasteiger charge is -2.08. The van der Waals surface area contributed by atoms with Gasteiger partial charge in [0.25, 0.3) is 0 Å². The Morgan fingerprint density at radius 3 is 1.70 bits per heavy atom. The number of para-hydroxylation sites is 1. The van der Waals surface area contributed by atoms with Crippen molar-refractivity contribution in [1.29, 1.82) is 0 Å². The lowest BCUT2D eigenvalue weighted by molar-refractivity contribution is 1.05. The Morgan fingerprint density at radius 2 is 1.09 bits per heavy atom. The number of hydrogen-bond acceptors (Lipinski definition) is 5. The first-order chi connectivity index (χ1) is 16.3. The molecule has 4 heterocycles. The summed E-state index contributed by atoms with van der Waals surface area (Å²) in [5.41, 5.74) is 5.56. The Bertz CT molecular complexity index is 1450. The molecular formula is C27H18N6. The van der Waals surface area contributed by atoms with E-state index in [2.05, 4.69) is 50.3 Å². The van der Waals surface area contributed by atoms with E-state index < -0.39 is 0 Å². The van der Waals surface area contributed by atoms with Crippen LogP contribution < -0.4 is 0 Å². The average molecular weight is 426 g/mol. The summed E-state index contributed by atoms with van der Waals surface area (Å²) in [6.45, 7) is 0. The van der Waals surface area contributed by atoms with Crippen molar-refractivity contribution < 1.29 is 0 Å². The third kappa shape index (κ3) is 3.74. The molecule has 6 heteroatoms. The minimum atomic E-state index is 0.515. The Labute approximate surface area is 190 Å². The fourth-order valence-electron chi connectivity index (χ4n) is 3.75. The second-order valence-corrected chi connectivity index (χ2v) is 7.58. The third-order valence-electron chi connectivity index (χ3n) is 5.41. The molecule has 0 radical (unpaired) electrons. The van der Waals surface area contributed by atoms with Crippen LogP contribution in [0.3, 0.4) is 0 Å². The summed E-state index contributed by atoms with van der Waals surface area (Å²) < 4.78 is 0. The smallest absolute Gasteiger partial charge is 0.182 e. The van der Waals surface area contributed by atoms with E-state index in [1.54, 1.807) is 12.4 Å². The minimum absolute atomic E-state index is 0.515. The number of aromatic amines is 1. The van der Waals surface area contributed by atoms with Gasteiger partial charge in [-0.15, -0.1) is 0 Å². The standard InChI is InChI=1S/C27H18N6/c1-2-8-21-20(7-1)17-24(30-21)18-11-13-19(14-12-18)25-31-26(22-9-3-5-15-28-22)33-27(32-25)23-10-4-6-16-29-23/h1-17,30H. The molecule has 0 unspecified atom stereocenters. The maximum Gasteiger partial charge on any atom is 0.182 e. The molecule has 0 saturated heterocycles. The van der Waals surface area contributed by atoms with Gasteiger partial charge in [0.15, 0.2) is 17.5 Å². The summed E-state index contributed by atoms with van der Waals surface area (Å²) in [6, 6.07) is 30.0. The summed E-state index contributed by atoms with van der Waals surface area (Å²) in [4.78, 5) is 26.4. The molecule has 33 heavy (non-hydrogen) atoms. The van der Waals surface area contributed by atoms with Gasteiger partial charge in [-0.3, -0.25) is 9.97 Å². The first-order valence-corrected chi connectivity index (χ1v) is 10.6. The molecular weight excluding hydrogens is 408 g/mol. The van der Waals surface area contributed by atoms with Crippen LogP contribution in [0.15, 0.2) is 103 Å². The lowest BCUT2D eigenvalue weighted by atomic mass is 10.1. The molecule has 6 aromatic rings. The van der Waals surface area contributed by atoms with Gasteiger partial charge in [0, 0.05) is 34.6 Å². The van der Waals surface area contributed by atoms with Gasteiger partial charge in [-0.25, -0.2) is 15.0 Å². The largest absolute Gasteiger partial charge is 0.355 e. The van der Waals surface area contributed by atoms with Crippen molar-refractivity contribution in [3.8, 4) is 45.7 Å². The SMILES string of the molecule is c1ccc(-c2nc(-c3ccc(-c4cc5ccccc5[nH]4)cc3)nc(-c3ccccn3)n2)nc1. The number of fused-ring (bicyclic) bond motifs is 1. The Morgan fingerprint density at radius 1 is 0.515 bits per heavy atom. The molecule has 1 N–H and O–H groups in total. The predicted molar refractivity (Wildman–Crippen MR) is 129 cm³/mol. The van der Waals surface area contributed by atoms with Gasteiger partial charge in [0.1, 0.15) is 11.4 Å². The monoisotopic (exact) mass is 426 g/mol. The van der Waals surface area contributed by atoms with Gasteiger partial charge in [-0.2, -0.15) is 0 Å². The van der Waals surface area contributed by atoms with Crippen molar-refractivity contribution in [3.63, 3.8) is 0 Å².